The number of hydrogen-bond donors (Lipinski definition) is 1. The summed E-state index contributed by atoms with van der Waals surface area (Å²) in [6, 6.07) is 0.648. The van der Waals surface area contributed by atoms with Crippen LogP contribution in [0.15, 0.2) is 4.34 Å². The summed E-state index contributed by atoms with van der Waals surface area (Å²) in [5.74, 6) is 2.00. The van der Waals surface area contributed by atoms with Gasteiger partial charge in [-0.2, -0.15) is 0 Å². The van der Waals surface area contributed by atoms with Crippen LogP contribution < -0.4 is 5.32 Å². The van der Waals surface area contributed by atoms with Gasteiger partial charge in [-0.25, -0.2) is 0 Å². The Labute approximate surface area is 125 Å². The predicted molar refractivity (Wildman–Crippen MR) is 84.0 cm³/mol. The smallest absolute Gasteiger partial charge is 0.174 e. The van der Waals surface area contributed by atoms with Crippen LogP contribution in [0.4, 0.5) is 0 Å². The molecule has 0 aliphatic heterocycles. The summed E-state index contributed by atoms with van der Waals surface area (Å²) in [7, 11) is 0. The summed E-state index contributed by atoms with van der Waals surface area (Å²) in [5, 5.41) is 13.1. The van der Waals surface area contributed by atoms with E-state index < -0.39 is 0 Å². The zero-order valence-electron chi connectivity index (χ0n) is 12.0. The third kappa shape index (κ3) is 5.04. The van der Waals surface area contributed by atoms with Gasteiger partial charge in [0.25, 0.3) is 0 Å². The highest BCUT2D eigenvalue weighted by molar-refractivity contribution is 8.01. The minimum Gasteiger partial charge on any atom is -0.313 e. The largest absolute Gasteiger partial charge is 0.313 e. The normalized spacial score (nSPS) is 18.6. The van der Waals surface area contributed by atoms with E-state index in [2.05, 4.69) is 22.4 Å². The molecule has 1 N–H and O–H groups in total. The first-order chi connectivity index (χ1) is 9.29. The highest BCUT2D eigenvalue weighted by Gasteiger charge is 2.23. The monoisotopic (exact) mass is 299 g/mol. The molecule has 3 nitrogen and oxygen atoms in total. The topological polar surface area (TPSA) is 37.8 Å². The van der Waals surface area contributed by atoms with Crippen LogP contribution in [0, 0.1) is 12.8 Å². The van der Waals surface area contributed by atoms with E-state index >= 15 is 0 Å². The molecule has 2 rings (SSSR count). The Hall–Kier alpha value is -0.130. The highest BCUT2D eigenvalue weighted by atomic mass is 32.2. The molecule has 1 fully saturated rings. The van der Waals surface area contributed by atoms with Crippen molar-refractivity contribution in [3.63, 3.8) is 0 Å². The van der Waals surface area contributed by atoms with Gasteiger partial charge >= 0.3 is 0 Å². The Morgan fingerprint density at radius 2 is 2.11 bits per heavy atom. The van der Waals surface area contributed by atoms with Crippen LogP contribution >= 0.6 is 23.1 Å². The maximum absolute atomic E-state index is 4.22. The lowest BCUT2D eigenvalue weighted by molar-refractivity contribution is 0.285. The van der Waals surface area contributed by atoms with Gasteiger partial charge in [0, 0.05) is 11.8 Å². The third-order valence-corrected chi connectivity index (χ3v) is 5.86. The SMILES string of the molecule is CCCNC(CSc1nnc(C)s1)C1CCCCC1. The van der Waals surface area contributed by atoms with Crippen molar-refractivity contribution >= 4 is 23.1 Å². The average molecular weight is 300 g/mol. The number of thioether (sulfide) groups is 1. The molecule has 1 aromatic rings. The number of nitrogens with one attached hydrogen (secondary N) is 1. The van der Waals surface area contributed by atoms with Crippen LogP contribution in [0.1, 0.15) is 50.5 Å². The molecular formula is C14H25N3S2. The lowest BCUT2D eigenvalue weighted by Gasteiger charge is -2.30. The number of hydrogen-bond acceptors (Lipinski definition) is 5. The molecule has 1 unspecified atom stereocenters. The van der Waals surface area contributed by atoms with Gasteiger partial charge in [0.1, 0.15) is 5.01 Å². The van der Waals surface area contributed by atoms with Gasteiger partial charge in [-0.15, -0.1) is 10.2 Å². The van der Waals surface area contributed by atoms with Gasteiger partial charge in [-0.1, -0.05) is 49.3 Å². The minimum absolute atomic E-state index is 0.648. The van der Waals surface area contributed by atoms with E-state index in [0.717, 1.165) is 27.6 Å². The molecule has 0 amide bonds. The Kier molecular flexibility index (Phi) is 6.61. The molecule has 1 aliphatic rings. The van der Waals surface area contributed by atoms with E-state index in [1.165, 1.54) is 38.5 Å². The Bertz CT molecular complexity index is 361. The Morgan fingerprint density at radius 1 is 1.32 bits per heavy atom. The van der Waals surface area contributed by atoms with Crippen molar-refractivity contribution in [2.45, 2.75) is 62.8 Å². The van der Waals surface area contributed by atoms with Gasteiger partial charge in [0.15, 0.2) is 4.34 Å². The first-order valence-corrected chi connectivity index (χ1v) is 9.26. The van der Waals surface area contributed by atoms with Crippen molar-refractivity contribution in [3.05, 3.63) is 5.01 Å². The number of nitrogens with zero attached hydrogens (tertiary/aromatic N) is 2. The van der Waals surface area contributed by atoms with Crippen molar-refractivity contribution in [2.24, 2.45) is 5.92 Å². The molecule has 5 heteroatoms. The summed E-state index contributed by atoms with van der Waals surface area (Å²) < 4.78 is 1.12. The Morgan fingerprint density at radius 3 is 2.74 bits per heavy atom. The van der Waals surface area contributed by atoms with Crippen LogP contribution in [0.2, 0.25) is 0 Å². The van der Waals surface area contributed by atoms with Crippen LogP contribution in [0.3, 0.4) is 0 Å². The molecule has 1 aliphatic carbocycles. The van der Waals surface area contributed by atoms with Gasteiger partial charge in [-0.3, -0.25) is 0 Å². The van der Waals surface area contributed by atoms with Crippen molar-refractivity contribution < 1.29 is 0 Å². The lowest BCUT2D eigenvalue weighted by Crippen LogP contribution is -2.39. The van der Waals surface area contributed by atoms with Gasteiger partial charge in [0.05, 0.1) is 0 Å². The molecule has 1 saturated carbocycles. The van der Waals surface area contributed by atoms with Crippen molar-refractivity contribution in [2.75, 3.05) is 12.3 Å². The molecule has 0 radical (unpaired) electrons. The van der Waals surface area contributed by atoms with E-state index in [-0.39, 0.29) is 0 Å². The van der Waals surface area contributed by atoms with Crippen LogP contribution in [0.25, 0.3) is 0 Å². The zero-order valence-corrected chi connectivity index (χ0v) is 13.7. The van der Waals surface area contributed by atoms with E-state index in [4.69, 9.17) is 0 Å². The second-order valence-corrected chi connectivity index (χ2v) is 7.81. The standard InChI is InChI=1S/C14H25N3S2/c1-3-9-15-13(12-7-5-4-6-8-12)10-18-14-17-16-11(2)19-14/h12-13,15H,3-10H2,1-2H3. The predicted octanol–water partition coefficient (Wildman–Crippen LogP) is 3.89. The second kappa shape index (κ2) is 8.22. The van der Waals surface area contributed by atoms with Gasteiger partial charge < -0.3 is 5.32 Å². The molecule has 19 heavy (non-hydrogen) atoms. The maximum atomic E-state index is 4.22. The van der Waals surface area contributed by atoms with Gasteiger partial charge in [0.2, 0.25) is 0 Å². The maximum Gasteiger partial charge on any atom is 0.174 e. The quantitative estimate of drug-likeness (QED) is 0.775. The summed E-state index contributed by atoms with van der Waals surface area (Å²) >= 11 is 3.59. The summed E-state index contributed by atoms with van der Waals surface area (Å²) in [6.45, 7) is 5.40. The van der Waals surface area contributed by atoms with E-state index in [0.29, 0.717) is 6.04 Å². The fraction of sp³-hybridized carbons (Fsp3) is 0.857. The number of aryl methyl sites for hydroxylation is 1. The van der Waals surface area contributed by atoms with Crippen molar-refractivity contribution in [3.8, 4) is 0 Å². The molecule has 108 valence electrons. The summed E-state index contributed by atoms with van der Waals surface area (Å²) in [5.41, 5.74) is 0. The second-order valence-electron chi connectivity index (χ2n) is 5.36. The third-order valence-electron chi connectivity index (χ3n) is 3.77. The van der Waals surface area contributed by atoms with Crippen LogP contribution in [-0.4, -0.2) is 28.5 Å². The molecule has 1 atom stereocenters. The molecule has 0 saturated heterocycles. The molecule has 1 aromatic heterocycles. The number of rotatable bonds is 7. The Balaban J connectivity index is 1.85. The zero-order chi connectivity index (χ0) is 13.5. The molecular weight excluding hydrogens is 274 g/mol. The first kappa shape index (κ1) is 15.3. The minimum atomic E-state index is 0.648. The molecule has 0 bridgehead atoms. The fourth-order valence-corrected chi connectivity index (χ4v) is 4.75. The lowest BCUT2D eigenvalue weighted by atomic mass is 9.84. The van der Waals surface area contributed by atoms with E-state index in [1.54, 1.807) is 11.3 Å². The van der Waals surface area contributed by atoms with Crippen molar-refractivity contribution in [1.29, 1.82) is 0 Å². The van der Waals surface area contributed by atoms with Crippen molar-refractivity contribution in [1.82, 2.24) is 15.5 Å². The first-order valence-electron chi connectivity index (χ1n) is 7.46. The molecule has 0 spiro atoms. The summed E-state index contributed by atoms with van der Waals surface area (Å²) in [6.07, 6.45) is 8.27. The summed E-state index contributed by atoms with van der Waals surface area (Å²) in [4.78, 5) is 0. The molecule has 0 aromatic carbocycles. The number of aromatic nitrogens is 2. The molecule has 1 heterocycles. The van der Waals surface area contributed by atoms with Gasteiger partial charge in [-0.05, 0) is 38.6 Å². The fourth-order valence-electron chi connectivity index (χ4n) is 2.73. The highest BCUT2D eigenvalue weighted by Crippen LogP contribution is 2.30. The average Bonchev–Trinajstić information content (AvgIpc) is 2.86. The van der Waals surface area contributed by atoms with E-state index in [1.807, 2.05) is 18.7 Å². The van der Waals surface area contributed by atoms with E-state index in [9.17, 15) is 0 Å². The van der Waals surface area contributed by atoms with Crippen LogP contribution in [-0.2, 0) is 0 Å². The van der Waals surface area contributed by atoms with Crippen LogP contribution in [0.5, 0.6) is 0 Å².